The Morgan fingerprint density at radius 3 is 2.39 bits per heavy atom. The molecule has 0 aromatic heterocycles. The van der Waals surface area contributed by atoms with Crippen LogP contribution in [0.5, 0.6) is 0 Å². The zero-order valence-electron chi connectivity index (χ0n) is 11.2. The van der Waals surface area contributed by atoms with E-state index in [4.69, 9.17) is 21.4 Å². The summed E-state index contributed by atoms with van der Waals surface area (Å²) in [6.45, 7) is -0.334. The molecule has 0 aromatic rings. The third kappa shape index (κ3) is 2.83. The molecule has 1 spiro atoms. The topological polar surface area (TPSA) is 194 Å². The van der Waals surface area contributed by atoms with E-state index in [1.807, 2.05) is 0 Å². The van der Waals surface area contributed by atoms with E-state index in [2.05, 4.69) is 15.1 Å². The van der Waals surface area contributed by atoms with Crippen LogP contribution in [-0.4, -0.2) is 79.9 Å². The summed E-state index contributed by atoms with van der Waals surface area (Å²) in [5.74, 6) is -4.42. The number of urea groups is 1. The van der Waals surface area contributed by atoms with Gasteiger partial charge in [-0.05, 0) is 0 Å². The Labute approximate surface area is 132 Å². The van der Waals surface area contributed by atoms with Gasteiger partial charge in [0.1, 0.15) is 12.2 Å². The molecule has 0 saturated carbocycles. The summed E-state index contributed by atoms with van der Waals surface area (Å²) in [4.78, 5) is 42.0. The van der Waals surface area contributed by atoms with E-state index in [1.54, 1.807) is 5.32 Å². The van der Waals surface area contributed by atoms with Gasteiger partial charge in [0, 0.05) is 5.88 Å². The molecular formula is C9H12ClN3O10. The Morgan fingerprint density at radius 2 is 1.96 bits per heavy atom. The molecule has 0 unspecified atom stereocenters. The molecule has 0 bridgehead atoms. The molecule has 23 heavy (non-hydrogen) atoms. The predicted molar refractivity (Wildman–Crippen MR) is 66.1 cm³/mol. The fourth-order valence-corrected chi connectivity index (χ4v) is 2.12. The van der Waals surface area contributed by atoms with E-state index in [0.717, 1.165) is 0 Å². The highest BCUT2D eigenvalue weighted by atomic mass is 35.5. The lowest BCUT2D eigenvalue weighted by Crippen LogP contribution is -2.76. The molecule has 4 atom stereocenters. The second-order valence-corrected chi connectivity index (χ2v) is 5.00. The van der Waals surface area contributed by atoms with Crippen molar-refractivity contribution >= 4 is 23.6 Å². The molecule has 2 amide bonds. The quantitative estimate of drug-likeness (QED) is 0.0870. The molecule has 2 saturated heterocycles. The third-order valence-electron chi connectivity index (χ3n) is 3.22. The number of carbonyl (C=O) groups is 2. The Morgan fingerprint density at radius 1 is 1.35 bits per heavy atom. The summed E-state index contributed by atoms with van der Waals surface area (Å²) in [6.07, 6.45) is -6.46. The molecule has 13 nitrogen and oxygen atoms in total. The Bertz CT molecular complexity index is 516. The number of amides is 2. The van der Waals surface area contributed by atoms with Crippen molar-refractivity contribution in [2.75, 3.05) is 12.4 Å². The predicted octanol–water partition coefficient (Wildman–Crippen LogP) is -2.57. The minimum absolute atomic E-state index is 0.168. The van der Waals surface area contributed by atoms with E-state index in [-0.39, 0.29) is 17.4 Å². The average molecular weight is 358 g/mol. The van der Waals surface area contributed by atoms with E-state index in [9.17, 15) is 29.8 Å². The number of hydrogen-bond acceptors (Lipinski definition) is 10. The van der Waals surface area contributed by atoms with Crippen LogP contribution in [0.25, 0.3) is 0 Å². The smallest absolute Gasteiger partial charge is 0.391 e. The van der Waals surface area contributed by atoms with Crippen LogP contribution >= 0.6 is 11.6 Å². The second-order valence-electron chi connectivity index (χ2n) is 4.63. The highest BCUT2D eigenvalue weighted by Gasteiger charge is 2.78. The number of nitroso groups, excluding NO2 is 1. The summed E-state index contributed by atoms with van der Waals surface area (Å²) < 4.78 is 4.75. The van der Waals surface area contributed by atoms with Crippen LogP contribution in [0.15, 0.2) is 5.29 Å². The van der Waals surface area contributed by atoms with Crippen LogP contribution < -0.4 is 5.32 Å². The van der Waals surface area contributed by atoms with Crippen molar-refractivity contribution in [3.8, 4) is 0 Å². The summed E-state index contributed by atoms with van der Waals surface area (Å²) in [7, 11) is 0. The largest absolute Gasteiger partial charge is 0.479 e. The first kappa shape index (κ1) is 17.7. The van der Waals surface area contributed by atoms with Gasteiger partial charge in [-0.3, -0.25) is 5.32 Å². The third-order valence-corrected chi connectivity index (χ3v) is 3.38. The number of carbonyl (C=O) groups excluding carboxylic acids is 1. The van der Waals surface area contributed by atoms with Crippen molar-refractivity contribution < 1.29 is 44.5 Å². The molecule has 2 rings (SSSR count). The maximum atomic E-state index is 11.8. The van der Waals surface area contributed by atoms with Crippen molar-refractivity contribution in [1.29, 1.82) is 0 Å². The lowest BCUT2D eigenvalue weighted by molar-refractivity contribution is -0.322. The number of halogens is 1. The van der Waals surface area contributed by atoms with Crippen LogP contribution in [0, 0.1) is 4.91 Å². The van der Waals surface area contributed by atoms with Gasteiger partial charge in [-0.15, -0.1) is 16.5 Å². The van der Waals surface area contributed by atoms with Gasteiger partial charge < -0.3 is 25.2 Å². The van der Waals surface area contributed by atoms with Crippen molar-refractivity contribution in [1.82, 2.24) is 10.3 Å². The summed E-state index contributed by atoms with van der Waals surface area (Å²) >= 11 is 5.36. The van der Waals surface area contributed by atoms with E-state index < -0.39 is 42.0 Å². The fraction of sp³-hybridized carbons (Fsp3) is 0.778. The van der Waals surface area contributed by atoms with Gasteiger partial charge in [0.2, 0.25) is 0 Å². The molecule has 2 aliphatic rings. The number of carboxylic acid groups (broad SMARTS) is 1. The Kier molecular flexibility index (Phi) is 4.72. The lowest BCUT2D eigenvalue weighted by atomic mass is 9.92. The molecule has 2 aliphatic heterocycles. The van der Waals surface area contributed by atoms with Gasteiger partial charge in [-0.1, -0.05) is 0 Å². The molecule has 5 N–H and O–H groups in total. The van der Waals surface area contributed by atoms with Gasteiger partial charge in [-0.2, -0.15) is 14.8 Å². The first-order valence-corrected chi connectivity index (χ1v) is 6.60. The zero-order chi connectivity index (χ0) is 17.4. The number of aliphatic hydroxyl groups is 3. The molecular weight excluding hydrogens is 346 g/mol. The van der Waals surface area contributed by atoms with Gasteiger partial charge in [0.15, 0.2) is 6.10 Å². The first-order valence-electron chi connectivity index (χ1n) is 6.07. The number of hydrogen-bond donors (Lipinski definition) is 5. The second kappa shape index (κ2) is 6.12. The number of aliphatic hydroxyl groups excluding tert-OH is 2. The van der Waals surface area contributed by atoms with Crippen LogP contribution in [0.1, 0.15) is 0 Å². The van der Waals surface area contributed by atoms with E-state index in [1.165, 1.54) is 0 Å². The maximum Gasteiger partial charge on any atom is 0.391 e. The Hall–Kier alpha value is -1.61. The average Bonchev–Trinajstić information content (AvgIpc) is 3.28. The van der Waals surface area contributed by atoms with Crippen LogP contribution in [0.3, 0.4) is 0 Å². The van der Waals surface area contributed by atoms with Crippen molar-refractivity contribution in [2.45, 2.75) is 30.0 Å². The van der Waals surface area contributed by atoms with Crippen molar-refractivity contribution in [3.63, 3.8) is 0 Å². The van der Waals surface area contributed by atoms with E-state index >= 15 is 0 Å². The number of rotatable bonds is 5. The number of carboxylic acids is 1. The number of nitrogens with one attached hydrogen (secondary N) is 1. The summed E-state index contributed by atoms with van der Waals surface area (Å²) in [6, 6.07) is -1.33. The number of nitrogens with zero attached hydrogens (tertiary/aromatic N) is 2. The van der Waals surface area contributed by atoms with Crippen LogP contribution in [0.2, 0.25) is 0 Å². The molecule has 2 fully saturated rings. The zero-order valence-corrected chi connectivity index (χ0v) is 11.9. The summed E-state index contributed by atoms with van der Waals surface area (Å²) in [5, 5.41) is 43.3. The molecule has 0 radical (unpaired) electrons. The lowest BCUT2D eigenvalue weighted by Gasteiger charge is -2.43. The van der Waals surface area contributed by atoms with E-state index in [0.29, 0.717) is 0 Å². The monoisotopic (exact) mass is 357 g/mol. The van der Waals surface area contributed by atoms with Crippen molar-refractivity contribution in [3.05, 3.63) is 4.91 Å². The number of ether oxygens (including phenoxy) is 1. The normalized spacial score (nSPS) is 34.7. The van der Waals surface area contributed by atoms with Gasteiger partial charge in [0.25, 0.3) is 5.72 Å². The minimum atomic E-state index is -2.93. The molecule has 0 aromatic carbocycles. The molecule has 2 heterocycles. The van der Waals surface area contributed by atoms with Gasteiger partial charge >= 0.3 is 18.0 Å². The molecule has 0 aliphatic carbocycles. The fourth-order valence-electron chi connectivity index (χ4n) is 1.96. The molecule has 130 valence electrons. The minimum Gasteiger partial charge on any atom is -0.479 e. The number of alkyl halides is 1. The highest BCUT2D eigenvalue weighted by molar-refractivity contribution is 6.18. The SMILES string of the molecule is O=NN(CCCl)C(=O)N[C@@]1(O)[C@@H](O)[C@H](O)[C@@H](C(=O)O)OC12OO2. The standard InChI is InChI=1S/C9H12ClN3O10/c10-1-2-13(12-20)7(18)11-8(19)5(15)3(14)4(6(16)17)21-9(8)22-23-9/h3-5,14-15,19H,1-2H2,(H,11,18)(H,16,17)/t3-,4+,5+,8-/m1/s1. The number of aliphatic carboxylic acids is 1. The van der Waals surface area contributed by atoms with Crippen molar-refractivity contribution in [2.24, 2.45) is 5.29 Å². The highest BCUT2D eigenvalue weighted by Crippen LogP contribution is 2.47. The maximum absolute atomic E-state index is 11.8. The Balaban J connectivity index is 2.24. The molecule has 14 heteroatoms. The van der Waals surface area contributed by atoms with Crippen LogP contribution in [-0.2, 0) is 19.3 Å². The summed E-state index contributed by atoms with van der Waals surface area (Å²) in [5.41, 5.74) is -2.93. The van der Waals surface area contributed by atoms with Gasteiger partial charge in [-0.25, -0.2) is 9.59 Å². The van der Waals surface area contributed by atoms with Gasteiger partial charge in [0.05, 0.1) is 11.8 Å². The first-order chi connectivity index (χ1) is 10.7. The van der Waals surface area contributed by atoms with Crippen LogP contribution in [0.4, 0.5) is 4.79 Å².